The second-order valence-corrected chi connectivity index (χ2v) is 4.28. The first-order chi connectivity index (χ1) is 8.71. The largest absolute Gasteiger partial charge is 0.353 e. The van der Waals surface area contributed by atoms with Gasteiger partial charge in [-0.2, -0.15) is 0 Å². The highest BCUT2D eigenvalue weighted by molar-refractivity contribution is 6.30. The number of ether oxygens (including phenoxy) is 2. The Morgan fingerprint density at radius 2 is 1.72 bits per heavy atom. The van der Waals surface area contributed by atoms with E-state index in [-0.39, 0.29) is 12.2 Å². The van der Waals surface area contributed by atoms with Crippen LogP contribution in [0.5, 0.6) is 0 Å². The Kier molecular flexibility index (Phi) is 6.82. The summed E-state index contributed by atoms with van der Waals surface area (Å²) in [5.41, 5.74) is 1.06. The molecule has 0 aromatic heterocycles. The first kappa shape index (κ1) is 15.0. The summed E-state index contributed by atoms with van der Waals surface area (Å²) < 4.78 is 11.0. The van der Waals surface area contributed by atoms with Crippen LogP contribution in [0.2, 0.25) is 5.02 Å². The molecule has 0 aliphatic carbocycles. The van der Waals surface area contributed by atoms with E-state index in [1.165, 1.54) is 0 Å². The molecule has 3 heteroatoms. The van der Waals surface area contributed by atoms with Crippen molar-refractivity contribution in [1.82, 2.24) is 0 Å². The molecule has 0 N–H and O–H groups in total. The monoisotopic (exact) mass is 266 g/mol. The van der Waals surface area contributed by atoms with Crippen molar-refractivity contribution in [2.45, 2.75) is 32.5 Å². The van der Waals surface area contributed by atoms with E-state index in [1.807, 2.05) is 38.1 Å². The fourth-order valence-electron chi connectivity index (χ4n) is 1.74. The molecule has 0 bridgehead atoms. The summed E-state index contributed by atoms with van der Waals surface area (Å²) in [5, 5.41) is 0.709. The van der Waals surface area contributed by atoms with Gasteiger partial charge in [0.15, 0.2) is 6.29 Å². The van der Waals surface area contributed by atoms with Crippen LogP contribution in [0.4, 0.5) is 0 Å². The van der Waals surface area contributed by atoms with Crippen LogP contribution in [-0.4, -0.2) is 19.5 Å². The lowest BCUT2D eigenvalue weighted by Crippen LogP contribution is -2.20. The van der Waals surface area contributed by atoms with Gasteiger partial charge in [-0.1, -0.05) is 29.7 Å². The van der Waals surface area contributed by atoms with Crippen molar-refractivity contribution in [3.8, 4) is 12.3 Å². The van der Waals surface area contributed by atoms with Crippen LogP contribution in [0.3, 0.4) is 0 Å². The third kappa shape index (κ3) is 4.70. The molecular weight excluding hydrogens is 248 g/mol. The lowest BCUT2D eigenvalue weighted by atomic mass is 9.96. The lowest BCUT2D eigenvalue weighted by molar-refractivity contribution is -0.140. The average molecular weight is 267 g/mol. The van der Waals surface area contributed by atoms with Crippen molar-refractivity contribution in [2.24, 2.45) is 0 Å². The fraction of sp³-hybridized carbons (Fsp3) is 0.467. The summed E-state index contributed by atoms with van der Waals surface area (Å²) in [6.45, 7) is 5.11. The second-order valence-electron chi connectivity index (χ2n) is 3.85. The molecule has 1 rings (SSSR count). The maximum Gasteiger partial charge on any atom is 0.159 e. The van der Waals surface area contributed by atoms with Gasteiger partial charge in [-0.25, -0.2) is 0 Å². The second kappa shape index (κ2) is 8.16. The van der Waals surface area contributed by atoms with E-state index in [4.69, 9.17) is 27.5 Å². The van der Waals surface area contributed by atoms with Gasteiger partial charge in [0.25, 0.3) is 0 Å². The number of rotatable bonds is 7. The SMILES string of the molecule is C#CC(CC(OCC)OCC)c1ccc(Cl)cc1. The van der Waals surface area contributed by atoms with E-state index >= 15 is 0 Å². The zero-order valence-electron chi connectivity index (χ0n) is 10.9. The van der Waals surface area contributed by atoms with Crippen LogP contribution in [-0.2, 0) is 9.47 Å². The molecule has 0 spiro atoms. The van der Waals surface area contributed by atoms with Gasteiger partial charge in [0.2, 0.25) is 0 Å². The Balaban J connectivity index is 2.71. The molecule has 1 aromatic rings. The van der Waals surface area contributed by atoms with E-state index in [0.717, 1.165) is 5.56 Å². The van der Waals surface area contributed by atoms with Gasteiger partial charge in [0, 0.05) is 30.6 Å². The van der Waals surface area contributed by atoms with Gasteiger partial charge in [-0.05, 0) is 31.5 Å². The Labute approximate surface area is 114 Å². The Morgan fingerprint density at radius 1 is 1.17 bits per heavy atom. The van der Waals surface area contributed by atoms with Crippen LogP contribution in [0.1, 0.15) is 31.7 Å². The molecule has 0 fully saturated rings. The molecule has 0 aliphatic heterocycles. The standard InChI is InChI=1S/C15H19ClO2/c1-4-12(11-15(17-5-2)18-6-3)13-7-9-14(16)10-8-13/h1,7-10,12,15H,5-6,11H2,2-3H3. The predicted octanol–water partition coefficient (Wildman–Crippen LogP) is 3.85. The molecule has 1 unspecified atom stereocenters. The maximum atomic E-state index is 5.86. The van der Waals surface area contributed by atoms with Gasteiger partial charge < -0.3 is 9.47 Å². The fourth-order valence-corrected chi connectivity index (χ4v) is 1.87. The van der Waals surface area contributed by atoms with Crippen LogP contribution in [0.15, 0.2) is 24.3 Å². The van der Waals surface area contributed by atoms with Crippen LogP contribution < -0.4 is 0 Å². The minimum atomic E-state index is -0.253. The summed E-state index contributed by atoms with van der Waals surface area (Å²) in [7, 11) is 0. The van der Waals surface area contributed by atoms with E-state index in [2.05, 4.69) is 5.92 Å². The number of halogens is 1. The first-order valence-electron chi connectivity index (χ1n) is 6.16. The molecule has 0 saturated heterocycles. The topological polar surface area (TPSA) is 18.5 Å². The van der Waals surface area contributed by atoms with Crippen molar-refractivity contribution in [3.63, 3.8) is 0 Å². The minimum Gasteiger partial charge on any atom is -0.353 e. The smallest absolute Gasteiger partial charge is 0.159 e. The molecular formula is C15H19ClO2. The highest BCUT2D eigenvalue weighted by Gasteiger charge is 2.16. The normalized spacial score (nSPS) is 12.4. The zero-order chi connectivity index (χ0) is 13.4. The quantitative estimate of drug-likeness (QED) is 0.551. The van der Waals surface area contributed by atoms with Gasteiger partial charge in [0.05, 0.1) is 0 Å². The molecule has 18 heavy (non-hydrogen) atoms. The van der Waals surface area contributed by atoms with Crippen LogP contribution in [0, 0.1) is 12.3 Å². The molecule has 98 valence electrons. The van der Waals surface area contributed by atoms with Gasteiger partial charge in [-0.3, -0.25) is 0 Å². The summed E-state index contributed by atoms with van der Waals surface area (Å²) in [4.78, 5) is 0. The van der Waals surface area contributed by atoms with Crippen molar-refractivity contribution in [3.05, 3.63) is 34.9 Å². The van der Waals surface area contributed by atoms with Gasteiger partial charge >= 0.3 is 0 Å². The van der Waals surface area contributed by atoms with E-state index in [9.17, 15) is 0 Å². The molecule has 1 aromatic carbocycles. The number of hydrogen-bond donors (Lipinski definition) is 0. The maximum absolute atomic E-state index is 5.86. The summed E-state index contributed by atoms with van der Waals surface area (Å²) in [6.07, 6.45) is 5.99. The van der Waals surface area contributed by atoms with Crippen LogP contribution in [0.25, 0.3) is 0 Å². The minimum absolute atomic E-state index is 0.0228. The molecule has 0 aliphatic rings. The molecule has 0 radical (unpaired) electrons. The Morgan fingerprint density at radius 3 is 2.17 bits per heavy atom. The molecule has 0 heterocycles. The third-order valence-corrected chi connectivity index (χ3v) is 2.86. The van der Waals surface area contributed by atoms with Gasteiger partial charge in [0.1, 0.15) is 0 Å². The summed E-state index contributed by atoms with van der Waals surface area (Å²) in [6, 6.07) is 7.58. The van der Waals surface area contributed by atoms with Crippen molar-refractivity contribution in [1.29, 1.82) is 0 Å². The number of hydrogen-bond acceptors (Lipinski definition) is 2. The van der Waals surface area contributed by atoms with Crippen molar-refractivity contribution in [2.75, 3.05) is 13.2 Å². The molecule has 0 saturated carbocycles. The van der Waals surface area contributed by atoms with E-state index in [1.54, 1.807) is 0 Å². The molecule has 1 atom stereocenters. The van der Waals surface area contributed by atoms with Crippen LogP contribution >= 0.6 is 11.6 Å². The van der Waals surface area contributed by atoms with E-state index in [0.29, 0.717) is 24.7 Å². The van der Waals surface area contributed by atoms with Crippen molar-refractivity contribution < 1.29 is 9.47 Å². The highest BCUT2D eigenvalue weighted by atomic mass is 35.5. The molecule has 2 nitrogen and oxygen atoms in total. The summed E-state index contributed by atoms with van der Waals surface area (Å²) in [5.74, 6) is 2.76. The average Bonchev–Trinajstić information content (AvgIpc) is 2.37. The highest BCUT2D eigenvalue weighted by Crippen LogP contribution is 2.23. The van der Waals surface area contributed by atoms with Crippen molar-refractivity contribution >= 4 is 11.6 Å². The number of benzene rings is 1. The number of terminal acetylenes is 1. The Hall–Kier alpha value is -1.01. The zero-order valence-corrected chi connectivity index (χ0v) is 11.6. The summed E-state index contributed by atoms with van der Waals surface area (Å²) >= 11 is 5.86. The first-order valence-corrected chi connectivity index (χ1v) is 6.53. The van der Waals surface area contributed by atoms with E-state index < -0.39 is 0 Å². The predicted molar refractivity (Wildman–Crippen MR) is 74.7 cm³/mol. The molecule has 0 amide bonds. The lowest BCUT2D eigenvalue weighted by Gasteiger charge is -2.20. The van der Waals surface area contributed by atoms with Gasteiger partial charge in [-0.15, -0.1) is 6.42 Å². The Bertz CT molecular complexity index is 374. The third-order valence-electron chi connectivity index (χ3n) is 2.61.